The van der Waals surface area contributed by atoms with Gasteiger partial charge in [0.15, 0.2) is 0 Å². The normalized spacial score (nSPS) is 15.7. The van der Waals surface area contributed by atoms with Crippen LogP contribution in [0.3, 0.4) is 0 Å². The molecule has 6 heteroatoms. The summed E-state index contributed by atoms with van der Waals surface area (Å²) in [5, 5.41) is 10.0. The lowest BCUT2D eigenvalue weighted by Gasteiger charge is -2.41. The van der Waals surface area contributed by atoms with Crippen molar-refractivity contribution in [1.82, 2.24) is 9.88 Å². The summed E-state index contributed by atoms with van der Waals surface area (Å²) in [6.45, 7) is 7.41. The van der Waals surface area contributed by atoms with Crippen LogP contribution in [0.5, 0.6) is 5.75 Å². The van der Waals surface area contributed by atoms with E-state index in [1.807, 2.05) is 32.2 Å². The molecule has 1 N–H and O–H groups in total. The van der Waals surface area contributed by atoms with Crippen molar-refractivity contribution in [3.05, 3.63) is 60.3 Å². The van der Waals surface area contributed by atoms with Crippen LogP contribution in [0.15, 0.2) is 54.7 Å². The van der Waals surface area contributed by atoms with Crippen molar-refractivity contribution in [2.24, 2.45) is 5.92 Å². The van der Waals surface area contributed by atoms with E-state index >= 15 is 0 Å². The minimum atomic E-state index is -0.699. The van der Waals surface area contributed by atoms with Crippen LogP contribution in [0.4, 0.5) is 0 Å². The highest BCUT2D eigenvalue weighted by molar-refractivity contribution is 7.18. The van der Waals surface area contributed by atoms with Crippen molar-refractivity contribution in [2.45, 2.75) is 32.9 Å². The molecule has 1 aliphatic heterocycles. The molecule has 1 fully saturated rings. The molecule has 1 unspecified atom stereocenters. The van der Waals surface area contributed by atoms with Gasteiger partial charge in [0.2, 0.25) is 0 Å². The van der Waals surface area contributed by atoms with E-state index in [-0.39, 0.29) is 18.1 Å². The van der Waals surface area contributed by atoms with Gasteiger partial charge in [0, 0.05) is 30.9 Å². The molecule has 3 aromatic rings. The lowest BCUT2D eigenvalue weighted by Crippen LogP contribution is -2.51. The number of ether oxygens (including phenoxy) is 1. The SMILES string of the molecule is CC(C)Oc1ccc(-c2cnc(-c3ccc(C(C)N4CC(C(=O)O)C4)cc3)s2)cc1. The fourth-order valence-electron chi connectivity index (χ4n) is 3.61. The van der Waals surface area contributed by atoms with Gasteiger partial charge in [0.05, 0.1) is 16.9 Å². The Hall–Kier alpha value is -2.70. The highest BCUT2D eigenvalue weighted by atomic mass is 32.1. The van der Waals surface area contributed by atoms with Crippen LogP contribution in [-0.2, 0) is 4.79 Å². The summed E-state index contributed by atoms with van der Waals surface area (Å²) in [7, 11) is 0. The molecule has 1 aromatic heterocycles. The molecule has 5 nitrogen and oxygen atoms in total. The molecule has 1 aliphatic rings. The number of carbonyl (C=O) groups is 1. The van der Waals surface area contributed by atoms with E-state index in [2.05, 4.69) is 53.2 Å². The second-order valence-corrected chi connectivity index (χ2v) is 9.04. The molecule has 30 heavy (non-hydrogen) atoms. The van der Waals surface area contributed by atoms with E-state index in [1.165, 1.54) is 5.56 Å². The Morgan fingerprint density at radius 3 is 2.30 bits per heavy atom. The molecule has 2 aromatic carbocycles. The highest BCUT2D eigenvalue weighted by Gasteiger charge is 2.35. The maximum atomic E-state index is 11.0. The predicted octanol–water partition coefficient (Wildman–Crippen LogP) is 5.34. The number of hydrogen-bond donors (Lipinski definition) is 1. The summed E-state index contributed by atoms with van der Waals surface area (Å²) >= 11 is 1.67. The first kappa shape index (κ1) is 20.6. The summed E-state index contributed by atoms with van der Waals surface area (Å²) < 4.78 is 5.71. The minimum absolute atomic E-state index is 0.163. The van der Waals surface area contributed by atoms with Gasteiger partial charge in [-0.05, 0) is 56.2 Å². The molecule has 1 atom stereocenters. The molecule has 0 radical (unpaired) electrons. The molecule has 156 valence electrons. The van der Waals surface area contributed by atoms with E-state index < -0.39 is 5.97 Å². The molecule has 0 bridgehead atoms. The topological polar surface area (TPSA) is 62.7 Å². The number of carboxylic acid groups (broad SMARTS) is 1. The second-order valence-electron chi connectivity index (χ2n) is 8.01. The van der Waals surface area contributed by atoms with Gasteiger partial charge in [0.25, 0.3) is 0 Å². The van der Waals surface area contributed by atoms with Gasteiger partial charge in [-0.1, -0.05) is 24.3 Å². The van der Waals surface area contributed by atoms with Crippen molar-refractivity contribution in [1.29, 1.82) is 0 Å². The number of aromatic nitrogens is 1. The first-order chi connectivity index (χ1) is 14.4. The monoisotopic (exact) mass is 422 g/mol. The smallest absolute Gasteiger partial charge is 0.309 e. The molecular weight excluding hydrogens is 396 g/mol. The van der Waals surface area contributed by atoms with E-state index in [1.54, 1.807) is 11.3 Å². The first-order valence-electron chi connectivity index (χ1n) is 10.2. The van der Waals surface area contributed by atoms with E-state index in [9.17, 15) is 4.79 Å². The Morgan fingerprint density at radius 1 is 1.07 bits per heavy atom. The number of benzene rings is 2. The van der Waals surface area contributed by atoms with Gasteiger partial charge in [-0.2, -0.15) is 0 Å². The van der Waals surface area contributed by atoms with Crippen LogP contribution < -0.4 is 4.74 Å². The number of likely N-dealkylation sites (tertiary alicyclic amines) is 1. The summed E-state index contributed by atoms with van der Waals surface area (Å²) in [6.07, 6.45) is 2.08. The fourth-order valence-corrected chi connectivity index (χ4v) is 4.54. The van der Waals surface area contributed by atoms with Gasteiger partial charge in [-0.25, -0.2) is 4.98 Å². The predicted molar refractivity (Wildman–Crippen MR) is 120 cm³/mol. The quantitative estimate of drug-likeness (QED) is 0.557. The minimum Gasteiger partial charge on any atom is -0.491 e. The molecule has 0 spiro atoms. The number of hydrogen-bond acceptors (Lipinski definition) is 5. The average Bonchev–Trinajstić information content (AvgIpc) is 3.17. The van der Waals surface area contributed by atoms with Crippen LogP contribution in [0.1, 0.15) is 32.4 Å². The summed E-state index contributed by atoms with van der Waals surface area (Å²) in [5.74, 6) is -0.0537. The van der Waals surface area contributed by atoms with E-state index in [0.717, 1.165) is 26.8 Å². The van der Waals surface area contributed by atoms with E-state index in [4.69, 9.17) is 9.84 Å². The number of rotatable bonds is 7. The molecule has 1 saturated heterocycles. The third-order valence-electron chi connectivity index (χ3n) is 5.46. The third-order valence-corrected chi connectivity index (χ3v) is 6.56. The largest absolute Gasteiger partial charge is 0.491 e. The number of nitrogens with zero attached hydrogens (tertiary/aromatic N) is 2. The van der Waals surface area contributed by atoms with Crippen molar-refractivity contribution >= 4 is 17.3 Å². The zero-order valence-electron chi connectivity index (χ0n) is 17.4. The van der Waals surface area contributed by atoms with Crippen LogP contribution in [-0.4, -0.2) is 40.2 Å². The van der Waals surface area contributed by atoms with Crippen LogP contribution >= 0.6 is 11.3 Å². The van der Waals surface area contributed by atoms with Gasteiger partial charge in [-0.15, -0.1) is 11.3 Å². The highest BCUT2D eigenvalue weighted by Crippen LogP contribution is 2.34. The Balaban J connectivity index is 1.43. The molecule has 0 saturated carbocycles. The van der Waals surface area contributed by atoms with Crippen molar-refractivity contribution in [3.63, 3.8) is 0 Å². The molecule has 4 rings (SSSR count). The maximum Gasteiger partial charge on any atom is 0.309 e. The standard InChI is InChI=1S/C24H26N2O3S/c1-15(2)29-21-10-8-18(9-11-21)22-12-25-23(30-22)19-6-4-17(5-7-19)16(3)26-13-20(14-26)24(27)28/h4-12,15-16,20H,13-14H2,1-3H3,(H,27,28). The zero-order valence-corrected chi connectivity index (χ0v) is 18.2. The maximum absolute atomic E-state index is 11.0. The molecule has 0 aliphatic carbocycles. The summed E-state index contributed by atoms with van der Waals surface area (Å²) in [6, 6.07) is 16.8. The Labute approximate surface area is 181 Å². The summed E-state index contributed by atoms with van der Waals surface area (Å²) in [4.78, 5) is 18.9. The van der Waals surface area contributed by atoms with Crippen LogP contribution in [0.2, 0.25) is 0 Å². The van der Waals surface area contributed by atoms with Crippen LogP contribution in [0.25, 0.3) is 21.0 Å². The Morgan fingerprint density at radius 2 is 1.70 bits per heavy atom. The Kier molecular flexibility index (Phi) is 5.88. The van der Waals surface area contributed by atoms with Crippen molar-refractivity contribution in [3.8, 4) is 26.8 Å². The number of aliphatic carboxylic acids is 1. The zero-order chi connectivity index (χ0) is 21.3. The fraction of sp³-hybridized carbons (Fsp3) is 0.333. The van der Waals surface area contributed by atoms with Gasteiger partial charge >= 0.3 is 5.97 Å². The van der Waals surface area contributed by atoms with Crippen molar-refractivity contribution < 1.29 is 14.6 Å². The number of carboxylic acids is 1. The van der Waals surface area contributed by atoms with Crippen LogP contribution in [0, 0.1) is 5.92 Å². The lowest BCUT2D eigenvalue weighted by atomic mass is 9.95. The third kappa shape index (κ3) is 4.40. The molecule has 0 amide bonds. The number of thiazole rings is 1. The Bertz CT molecular complexity index is 1010. The average molecular weight is 423 g/mol. The van der Waals surface area contributed by atoms with Gasteiger partial charge in [0.1, 0.15) is 10.8 Å². The first-order valence-corrected chi connectivity index (χ1v) is 11.0. The van der Waals surface area contributed by atoms with Gasteiger partial charge in [-0.3, -0.25) is 9.69 Å². The van der Waals surface area contributed by atoms with Crippen molar-refractivity contribution in [2.75, 3.05) is 13.1 Å². The van der Waals surface area contributed by atoms with Gasteiger partial charge < -0.3 is 9.84 Å². The second kappa shape index (κ2) is 8.58. The lowest BCUT2D eigenvalue weighted by molar-refractivity contribution is -0.148. The van der Waals surface area contributed by atoms with E-state index in [0.29, 0.717) is 13.1 Å². The molecule has 2 heterocycles. The summed E-state index contributed by atoms with van der Waals surface area (Å²) in [5.41, 5.74) is 3.42. The molecular formula is C24H26N2O3S.